The van der Waals surface area contributed by atoms with E-state index in [2.05, 4.69) is 11.8 Å². The molecule has 0 bridgehead atoms. The molecule has 0 aliphatic heterocycles. The number of halogens is 2. The van der Waals surface area contributed by atoms with Gasteiger partial charge in [0.1, 0.15) is 0 Å². The molecule has 3 nitrogen and oxygen atoms in total. The first-order valence-electron chi connectivity index (χ1n) is 6.60. The van der Waals surface area contributed by atoms with Crippen LogP contribution in [0.1, 0.15) is 25.5 Å². The van der Waals surface area contributed by atoms with Gasteiger partial charge in [-0.05, 0) is 37.2 Å². The minimum atomic E-state index is 0.113. The van der Waals surface area contributed by atoms with Gasteiger partial charge in [-0.3, -0.25) is 4.90 Å². The Morgan fingerprint density at radius 2 is 1.84 bits per heavy atom. The third-order valence-corrected chi connectivity index (χ3v) is 3.50. The van der Waals surface area contributed by atoms with Crippen LogP contribution in [0.3, 0.4) is 0 Å². The van der Waals surface area contributed by atoms with Crippen molar-refractivity contribution < 1.29 is 4.74 Å². The van der Waals surface area contributed by atoms with Crippen molar-refractivity contribution in [3.8, 4) is 0 Å². The van der Waals surface area contributed by atoms with Crippen LogP contribution in [-0.2, 0) is 4.74 Å². The van der Waals surface area contributed by atoms with Crippen molar-refractivity contribution in [3.05, 3.63) is 33.8 Å². The van der Waals surface area contributed by atoms with Crippen molar-refractivity contribution in [2.75, 3.05) is 32.8 Å². The first-order valence-corrected chi connectivity index (χ1v) is 7.35. The van der Waals surface area contributed by atoms with E-state index in [0.29, 0.717) is 23.2 Å². The zero-order valence-corrected chi connectivity index (χ0v) is 13.0. The van der Waals surface area contributed by atoms with Gasteiger partial charge in [0.05, 0.1) is 6.61 Å². The first kappa shape index (κ1) is 16.7. The summed E-state index contributed by atoms with van der Waals surface area (Å²) in [5.41, 5.74) is 6.97. The lowest BCUT2D eigenvalue weighted by atomic mass is 10.1. The molecule has 1 rings (SSSR count). The quantitative estimate of drug-likeness (QED) is 0.749. The van der Waals surface area contributed by atoms with Gasteiger partial charge < -0.3 is 10.5 Å². The summed E-state index contributed by atoms with van der Waals surface area (Å²) in [4.78, 5) is 2.28. The van der Waals surface area contributed by atoms with E-state index in [4.69, 9.17) is 33.7 Å². The number of hydrogen-bond donors (Lipinski definition) is 1. The Hall–Kier alpha value is -0.320. The second-order valence-electron chi connectivity index (χ2n) is 4.28. The molecule has 108 valence electrons. The average Bonchev–Trinajstić information content (AvgIpc) is 2.36. The van der Waals surface area contributed by atoms with Crippen LogP contribution in [0, 0.1) is 0 Å². The predicted molar refractivity (Wildman–Crippen MR) is 82.0 cm³/mol. The van der Waals surface area contributed by atoms with Crippen LogP contribution >= 0.6 is 23.2 Å². The zero-order chi connectivity index (χ0) is 14.3. The molecule has 0 aliphatic carbocycles. The summed E-state index contributed by atoms with van der Waals surface area (Å²) in [6, 6.07) is 5.70. The van der Waals surface area contributed by atoms with Gasteiger partial charge in [0.25, 0.3) is 0 Å². The minimum Gasteiger partial charge on any atom is -0.380 e. The minimum absolute atomic E-state index is 0.113. The van der Waals surface area contributed by atoms with Crippen molar-refractivity contribution >= 4 is 23.2 Å². The zero-order valence-electron chi connectivity index (χ0n) is 11.5. The van der Waals surface area contributed by atoms with E-state index in [1.165, 1.54) is 0 Å². The Balaban J connectivity index is 2.83. The Kier molecular flexibility index (Phi) is 7.73. The molecule has 5 heteroatoms. The molecule has 0 aliphatic rings. The monoisotopic (exact) mass is 304 g/mol. The van der Waals surface area contributed by atoms with Gasteiger partial charge in [0.2, 0.25) is 0 Å². The third-order valence-electron chi connectivity index (χ3n) is 3.07. The molecule has 0 radical (unpaired) electrons. The first-order chi connectivity index (χ1) is 9.12. The number of ether oxygens (including phenoxy) is 1. The molecule has 0 aromatic heterocycles. The number of nitrogens with two attached hydrogens (primary N) is 1. The van der Waals surface area contributed by atoms with Crippen molar-refractivity contribution in [1.82, 2.24) is 4.90 Å². The molecular formula is C14H22Cl2N2O. The molecule has 0 saturated heterocycles. The van der Waals surface area contributed by atoms with E-state index in [9.17, 15) is 0 Å². The Morgan fingerprint density at radius 1 is 1.21 bits per heavy atom. The lowest BCUT2D eigenvalue weighted by Gasteiger charge is -2.30. The van der Waals surface area contributed by atoms with Gasteiger partial charge >= 0.3 is 0 Å². The lowest BCUT2D eigenvalue weighted by Crippen LogP contribution is -2.36. The topological polar surface area (TPSA) is 38.5 Å². The lowest BCUT2D eigenvalue weighted by molar-refractivity contribution is 0.0980. The molecule has 0 fully saturated rings. The molecule has 1 unspecified atom stereocenters. The molecule has 2 N–H and O–H groups in total. The predicted octanol–water partition coefficient (Wildman–Crippen LogP) is 3.35. The molecule has 0 amide bonds. The second kappa shape index (κ2) is 8.77. The van der Waals surface area contributed by atoms with Crippen molar-refractivity contribution in [2.45, 2.75) is 19.9 Å². The maximum atomic E-state index is 6.06. The van der Waals surface area contributed by atoms with E-state index in [0.717, 1.165) is 25.3 Å². The average molecular weight is 305 g/mol. The van der Waals surface area contributed by atoms with E-state index < -0.39 is 0 Å². The summed E-state index contributed by atoms with van der Waals surface area (Å²) in [6.45, 7) is 7.81. The van der Waals surface area contributed by atoms with Crippen LogP contribution in [0.4, 0.5) is 0 Å². The van der Waals surface area contributed by atoms with Crippen molar-refractivity contribution in [1.29, 1.82) is 0 Å². The van der Waals surface area contributed by atoms with E-state index >= 15 is 0 Å². The van der Waals surface area contributed by atoms with E-state index in [1.807, 2.05) is 19.1 Å². The van der Waals surface area contributed by atoms with Gasteiger partial charge in [-0.1, -0.05) is 30.1 Å². The number of nitrogens with zero attached hydrogens (tertiary/aromatic N) is 1. The van der Waals surface area contributed by atoms with Crippen molar-refractivity contribution in [3.63, 3.8) is 0 Å². The van der Waals surface area contributed by atoms with Gasteiger partial charge in [-0.15, -0.1) is 0 Å². The van der Waals surface area contributed by atoms with Gasteiger partial charge in [-0.2, -0.15) is 0 Å². The normalized spacial score (nSPS) is 12.9. The second-order valence-corrected chi connectivity index (χ2v) is 5.15. The molecule has 0 spiro atoms. The Labute approximate surface area is 125 Å². The van der Waals surface area contributed by atoms with Crippen LogP contribution in [0.15, 0.2) is 18.2 Å². The summed E-state index contributed by atoms with van der Waals surface area (Å²) in [5.74, 6) is 0. The maximum Gasteiger partial charge on any atom is 0.0593 e. The van der Waals surface area contributed by atoms with E-state index in [1.54, 1.807) is 6.07 Å². The fourth-order valence-electron chi connectivity index (χ4n) is 2.12. The van der Waals surface area contributed by atoms with Crippen LogP contribution in [0.25, 0.3) is 0 Å². The summed E-state index contributed by atoms with van der Waals surface area (Å²) in [6.07, 6.45) is 0. The fourth-order valence-corrected chi connectivity index (χ4v) is 2.67. The van der Waals surface area contributed by atoms with Crippen LogP contribution < -0.4 is 5.73 Å². The summed E-state index contributed by atoms with van der Waals surface area (Å²) in [7, 11) is 0. The third kappa shape index (κ3) is 5.28. The van der Waals surface area contributed by atoms with Gasteiger partial charge in [0, 0.05) is 35.8 Å². The summed E-state index contributed by atoms with van der Waals surface area (Å²) < 4.78 is 5.41. The molecule has 1 atom stereocenters. The molecule has 1 aromatic carbocycles. The molecule has 0 saturated carbocycles. The number of likely N-dealkylation sites (N-methyl/N-ethyl adjacent to an activating group) is 1. The molecule has 0 heterocycles. The highest BCUT2D eigenvalue weighted by Gasteiger charge is 2.18. The van der Waals surface area contributed by atoms with Gasteiger partial charge in [-0.25, -0.2) is 0 Å². The summed E-state index contributed by atoms with van der Waals surface area (Å²) >= 11 is 12.1. The molecule has 1 aromatic rings. The van der Waals surface area contributed by atoms with Crippen LogP contribution in [-0.4, -0.2) is 37.7 Å². The van der Waals surface area contributed by atoms with E-state index in [-0.39, 0.29) is 6.04 Å². The smallest absolute Gasteiger partial charge is 0.0593 e. The number of rotatable bonds is 8. The standard InChI is InChI=1S/C14H22Cl2N2O/c1-3-18(5-6-19-4-2)14(10-17)11-7-12(15)9-13(16)8-11/h7-9,14H,3-6,10,17H2,1-2H3. The number of benzene rings is 1. The van der Waals surface area contributed by atoms with Crippen LogP contribution in [0.2, 0.25) is 10.0 Å². The van der Waals surface area contributed by atoms with Crippen molar-refractivity contribution in [2.24, 2.45) is 5.73 Å². The molecule has 19 heavy (non-hydrogen) atoms. The number of hydrogen-bond acceptors (Lipinski definition) is 3. The SMILES string of the molecule is CCOCCN(CC)C(CN)c1cc(Cl)cc(Cl)c1. The largest absolute Gasteiger partial charge is 0.380 e. The fraction of sp³-hybridized carbons (Fsp3) is 0.571. The highest BCUT2D eigenvalue weighted by atomic mass is 35.5. The highest BCUT2D eigenvalue weighted by molar-refractivity contribution is 6.34. The van der Waals surface area contributed by atoms with Gasteiger partial charge in [0.15, 0.2) is 0 Å². The summed E-state index contributed by atoms with van der Waals surface area (Å²) in [5, 5.41) is 1.28. The van der Waals surface area contributed by atoms with Crippen LogP contribution in [0.5, 0.6) is 0 Å². The Morgan fingerprint density at radius 3 is 2.32 bits per heavy atom. The maximum absolute atomic E-state index is 6.06. The highest BCUT2D eigenvalue weighted by Crippen LogP contribution is 2.26. The molecular weight excluding hydrogens is 283 g/mol. The Bertz CT molecular complexity index is 367.